The number of hydrogen-bond acceptors (Lipinski definition) is 2. The van der Waals surface area contributed by atoms with Gasteiger partial charge in [-0.2, -0.15) is 0 Å². The van der Waals surface area contributed by atoms with Gasteiger partial charge in [0, 0.05) is 5.38 Å². The molecule has 0 bridgehead atoms. The smallest absolute Gasteiger partial charge is 0.323 e. The van der Waals surface area contributed by atoms with Crippen molar-refractivity contribution in [2.24, 2.45) is 0 Å². The van der Waals surface area contributed by atoms with E-state index in [0.717, 1.165) is 19.3 Å². The molecule has 0 spiro atoms. The summed E-state index contributed by atoms with van der Waals surface area (Å²) in [6.07, 6.45) is 8.87. The van der Waals surface area contributed by atoms with Crippen LogP contribution in [0.4, 0.5) is 0 Å². The molecule has 2 nitrogen and oxygen atoms in total. The first-order valence-electron chi connectivity index (χ1n) is 6.44. The standard InChI is InChI=1S/C13H24Cl2O2/c1-11(14)9-7-5-3-4-6-8-10-12(15)13(16)17-2/h11-12H,3-10H2,1-2H3. The lowest BCUT2D eigenvalue weighted by Gasteiger charge is -2.06. The Labute approximate surface area is 115 Å². The molecule has 2 unspecified atom stereocenters. The molecule has 102 valence electrons. The van der Waals surface area contributed by atoms with Gasteiger partial charge in [0.15, 0.2) is 0 Å². The normalized spacial score (nSPS) is 14.4. The van der Waals surface area contributed by atoms with E-state index in [2.05, 4.69) is 4.74 Å². The minimum absolute atomic E-state index is 0.298. The van der Waals surface area contributed by atoms with E-state index in [1.807, 2.05) is 6.92 Å². The number of alkyl halides is 2. The lowest BCUT2D eigenvalue weighted by atomic mass is 10.1. The fourth-order valence-electron chi connectivity index (χ4n) is 1.70. The Morgan fingerprint density at radius 1 is 1.00 bits per heavy atom. The molecule has 2 atom stereocenters. The molecule has 0 amide bonds. The van der Waals surface area contributed by atoms with Crippen molar-refractivity contribution in [1.82, 2.24) is 0 Å². The third-order valence-corrected chi connectivity index (χ3v) is 3.38. The summed E-state index contributed by atoms with van der Waals surface area (Å²) in [5.41, 5.74) is 0. The highest BCUT2D eigenvalue weighted by Crippen LogP contribution is 2.14. The highest BCUT2D eigenvalue weighted by atomic mass is 35.5. The molecule has 0 aromatic heterocycles. The van der Waals surface area contributed by atoms with E-state index in [4.69, 9.17) is 23.2 Å². The average molecular weight is 283 g/mol. The molecular weight excluding hydrogens is 259 g/mol. The minimum Gasteiger partial charge on any atom is -0.468 e. The molecule has 0 aromatic rings. The Balaban J connectivity index is 3.21. The van der Waals surface area contributed by atoms with Crippen LogP contribution in [0.15, 0.2) is 0 Å². The molecule has 0 N–H and O–H groups in total. The van der Waals surface area contributed by atoms with Crippen molar-refractivity contribution in [3.63, 3.8) is 0 Å². The summed E-state index contributed by atoms with van der Waals surface area (Å²) in [4.78, 5) is 11.0. The second kappa shape index (κ2) is 11.2. The van der Waals surface area contributed by atoms with Gasteiger partial charge in [-0.15, -0.1) is 23.2 Å². The Hall–Kier alpha value is 0.0500. The third kappa shape index (κ3) is 10.9. The zero-order valence-electron chi connectivity index (χ0n) is 10.9. The average Bonchev–Trinajstić information content (AvgIpc) is 2.30. The van der Waals surface area contributed by atoms with E-state index in [9.17, 15) is 4.79 Å². The molecule has 0 rings (SSSR count). The minimum atomic E-state index is -0.475. The van der Waals surface area contributed by atoms with Crippen molar-refractivity contribution in [3.8, 4) is 0 Å². The van der Waals surface area contributed by atoms with Crippen LogP contribution in [0.3, 0.4) is 0 Å². The van der Waals surface area contributed by atoms with Gasteiger partial charge in [0.2, 0.25) is 0 Å². The molecule has 17 heavy (non-hydrogen) atoms. The fourth-order valence-corrected chi connectivity index (χ4v) is 2.10. The molecule has 0 aromatic carbocycles. The number of hydrogen-bond donors (Lipinski definition) is 0. The Morgan fingerprint density at radius 3 is 1.94 bits per heavy atom. The molecule has 0 heterocycles. The van der Waals surface area contributed by atoms with E-state index in [-0.39, 0.29) is 5.97 Å². The lowest BCUT2D eigenvalue weighted by molar-refractivity contribution is -0.140. The van der Waals surface area contributed by atoms with Gasteiger partial charge in [-0.3, -0.25) is 4.79 Å². The second-order valence-corrected chi connectivity index (χ2v) is 5.74. The Morgan fingerprint density at radius 2 is 1.47 bits per heavy atom. The van der Waals surface area contributed by atoms with Gasteiger partial charge in [0.1, 0.15) is 5.38 Å². The van der Waals surface area contributed by atoms with Crippen LogP contribution < -0.4 is 0 Å². The van der Waals surface area contributed by atoms with Crippen LogP contribution in [0.5, 0.6) is 0 Å². The SMILES string of the molecule is COC(=O)C(Cl)CCCCCCCCC(C)Cl. The van der Waals surface area contributed by atoms with Gasteiger partial charge >= 0.3 is 5.97 Å². The van der Waals surface area contributed by atoms with Crippen LogP contribution in [0.2, 0.25) is 0 Å². The topological polar surface area (TPSA) is 26.3 Å². The molecule has 0 radical (unpaired) electrons. The van der Waals surface area contributed by atoms with Gasteiger partial charge in [0.05, 0.1) is 7.11 Å². The maximum atomic E-state index is 11.0. The first-order chi connectivity index (χ1) is 8.07. The lowest BCUT2D eigenvalue weighted by Crippen LogP contribution is -2.15. The number of unbranched alkanes of at least 4 members (excludes halogenated alkanes) is 5. The van der Waals surface area contributed by atoms with Crippen LogP contribution in [0.25, 0.3) is 0 Å². The second-order valence-electron chi connectivity index (χ2n) is 4.47. The fraction of sp³-hybridized carbons (Fsp3) is 0.923. The number of carbonyl (C=O) groups excluding carboxylic acids is 1. The third-order valence-electron chi connectivity index (χ3n) is 2.77. The van der Waals surface area contributed by atoms with Crippen LogP contribution >= 0.6 is 23.2 Å². The van der Waals surface area contributed by atoms with E-state index < -0.39 is 5.38 Å². The maximum Gasteiger partial charge on any atom is 0.323 e. The number of esters is 1. The first-order valence-corrected chi connectivity index (χ1v) is 7.31. The van der Waals surface area contributed by atoms with Crippen molar-refractivity contribution >= 4 is 29.2 Å². The maximum absolute atomic E-state index is 11.0. The largest absolute Gasteiger partial charge is 0.468 e. The summed E-state index contributed by atoms with van der Waals surface area (Å²) >= 11 is 11.7. The van der Waals surface area contributed by atoms with Crippen LogP contribution in [-0.4, -0.2) is 23.8 Å². The van der Waals surface area contributed by atoms with E-state index in [1.54, 1.807) is 0 Å². The van der Waals surface area contributed by atoms with Crippen LogP contribution in [0.1, 0.15) is 58.3 Å². The van der Waals surface area contributed by atoms with E-state index in [0.29, 0.717) is 11.8 Å². The molecule has 0 fully saturated rings. The quantitative estimate of drug-likeness (QED) is 0.335. The number of rotatable bonds is 10. The van der Waals surface area contributed by atoms with Gasteiger partial charge < -0.3 is 4.74 Å². The predicted octanol–water partition coefficient (Wildman–Crippen LogP) is 4.51. The van der Waals surface area contributed by atoms with Crippen molar-refractivity contribution in [3.05, 3.63) is 0 Å². The van der Waals surface area contributed by atoms with Crippen molar-refractivity contribution in [2.45, 2.75) is 69.0 Å². The van der Waals surface area contributed by atoms with E-state index >= 15 is 0 Å². The summed E-state index contributed by atoms with van der Waals surface area (Å²) in [6.45, 7) is 2.04. The molecule has 0 saturated heterocycles. The summed E-state index contributed by atoms with van der Waals surface area (Å²) < 4.78 is 4.56. The molecule has 0 aliphatic rings. The van der Waals surface area contributed by atoms with Crippen molar-refractivity contribution in [2.75, 3.05) is 7.11 Å². The van der Waals surface area contributed by atoms with Gasteiger partial charge in [0.25, 0.3) is 0 Å². The molecule has 0 aliphatic carbocycles. The van der Waals surface area contributed by atoms with Crippen molar-refractivity contribution < 1.29 is 9.53 Å². The van der Waals surface area contributed by atoms with Crippen LogP contribution in [-0.2, 0) is 9.53 Å². The summed E-state index contributed by atoms with van der Waals surface area (Å²) in [5.74, 6) is -0.317. The molecule has 0 saturated carbocycles. The number of halogens is 2. The van der Waals surface area contributed by atoms with Crippen LogP contribution in [0, 0.1) is 0 Å². The first kappa shape index (κ1) is 17.1. The summed E-state index contributed by atoms with van der Waals surface area (Å²) in [6, 6.07) is 0. The highest BCUT2D eigenvalue weighted by molar-refractivity contribution is 6.29. The van der Waals surface area contributed by atoms with Crippen molar-refractivity contribution in [1.29, 1.82) is 0 Å². The summed E-state index contributed by atoms with van der Waals surface area (Å²) in [5, 5.41) is -0.177. The number of carbonyl (C=O) groups is 1. The monoisotopic (exact) mass is 282 g/mol. The number of ether oxygens (including phenoxy) is 1. The van der Waals surface area contributed by atoms with Gasteiger partial charge in [-0.05, 0) is 19.8 Å². The zero-order chi connectivity index (χ0) is 13.1. The molecular formula is C13H24Cl2O2. The summed E-state index contributed by atoms with van der Waals surface area (Å²) in [7, 11) is 1.37. The number of methoxy groups -OCH3 is 1. The van der Waals surface area contributed by atoms with Gasteiger partial charge in [-0.25, -0.2) is 0 Å². The predicted molar refractivity (Wildman–Crippen MR) is 73.9 cm³/mol. The Kier molecular flexibility index (Phi) is 11.2. The van der Waals surface area contributed by atoms with E-state index in [1.165, 1.54) is 32.8 Å². The zero-order valence-corrected chi connectivity index (χ0v) is 12.4. The highest BCUT2D eigenvalue weighted by Gasteiger charge is 2.14. The molecule has 0 aliphatic heterocycles. The molecule has 4 heteroatoms. The van der Waals surface area contributed by atoms with Gasteiger partial charge in [-0.1, -0.05) is 38.5 Å². The Bertz CT molecular complexity index is 196.